The topological polar surface area (TPSA) is 26.0 Å². The monoisotopic (exact) mass is 315 g/mol. The maximum atomic E-state index is 13.5. The summed E-state index contributed by atoms with van der Waals surface area (Å²) in [5.74, 6) is 0.402. The summed E-state index contributed by atoms with van der Waals surface area (Å²) >= 11 is 3.29. The molecule has 102 valence electrons. The summed E-state index contributed by atoms with van der Waals surface area (Å²) in [6.45, 7) is 4.41. The molecule has 0 saturated carbocycles. The molecule has 0 saturated heterocycles. The van der Waals surface area contributed by atoms with E-state index in [0.717, 1.165) is 18.4 Å². The molecule has 0 aliphatic carbocycles. The Morgan fingerprint density at radius 1 is 1.33 bits per heavy atom. The van der Waals surface area contributed by atoms with Crippen LogP contribution in [-0.4, -0.2) is 0 Å². The van der Waals surface area contributed by atoms with E-state index in [-0.39, 0.29) is 11.9 Å². The average molecular weight is 316 g/mol. The van der Waals surface area contributed by atoms with Gasteiger partial charge in [0, 0.05) is 6.04 Å². The van der Waals surface area contributed by atoms with E-state index in [1.54, 1.807) is 6.07 Å². The SMILES string of the molecule is CCCCC(CC)CC(N)c1cccc(F)c1Br. The number of nitrogens with two attached hydrogens (primary N) is 1. The van der Waals surface area contributed by atoms with E-state index < -0.39 is 0 Å². The van der Waals surface area contributed by atoms with Crippen LogP contribution in [0.25, 0.3) is 0 Å². The predicted molar refractivity (Wildman–Crippen MR) is 79.0 cm³/mol. The summed E-state index contributed by atoms with van der Waals surface area (Å²) in [5, 5.41) is 0. The standard InChI is InChI=1S/C15H23BrFN/c1-3-5-7-11(4-2)10-14(18)12-8-6-9-13(17)15(12)16/h6,8-9,11,14H,3-5,7,10,18H2,1-2H3. The van der Waals surface area contributed by atoms with Crippen molar-refractivity contribution in [2.75, 3.05) is 0 Å². The van der Waals surface area contributed by atoms with Gasteiger partial charge < -0.3 is 5.73 Å². The third-order valence-electron chi connectivity index (χ3n) is 3.51. The predicted octanol–water partition coefficient (Wildman–Crippen LogP) is 5.19. The minimum atomic E-state index is -0.232. The first-order valence-electron chi connectivity index (χ1n) is 6.79. The second-order valence-electron chi connectivity index (χ2n) is 4.90. The molecule has 2 atom stereocenters. The summed E-state index contributed by atoms with van der Waals surface area (Å²) in [4.78, 5) is 0. The van der Waals surface area contributed by atoms with Crippen molar-refractivity contribution in [3.05, 3.63) is 34.1 Å². The first kappa shape index (κ1) is 15.6. The first-order chi connectivity index (χ1) is 8.60. The highest BCUT2D eigenvalue weighted by Crippen LogP contribution is 2.30. The molecular formula is C15H23BrFN. The van der Waals surface area contributed by atoms with Crippen molar-refractivity contribution in [2.24, 2.45) is 11.7 Å². The molecule has 18 heavy (non-hydrogen) atoms. The van der Waals surface area contributed by atoms with Crippen LogP contribution in [0.15, 0.2) is 22.7 Å². The van der Waals surface area contributed by atoms with Crippen LogP contribution in [0.2, 0.25) is 0 Å². The van der Waals surface area contributed by atoms with Crippen molar-refractivity contribution >= 4 is 15.9 Å². The Hall–Kier alpha value is -0.410. The average Bonchev–Trinajstić information content (AvgIpc) is 2.37. The second kappa shape index (κ2) is 7.90. The molecule has 0 aromatic heterocycles. The van der Waals surface area contributed by atoms with Gasteiger partial charge in [0.15, 0.2) is 0 Å². The summed E-state index contributed by atoms with van der Waals surface area (Å²) in [5.41, 5.74) is 7.10. The van der Waals surface area contributed by atoms with Crippen LogP contribution in [-0.2, 0) is 0 Å². The fourth-order valence-electron chi connectivity index (χ4n) is 2.27. The number of rotatable bonds is 7. The molecule has 0 bridgehead atoms. The van der Waals surface area contributed by atoms with E-state index in [2.05, 4.69) is 29.8 Å². The Balaban J connectivity index is 2.68. The molecule has 0 radical (unpaired) electrons. The summed E-state index contributed by atoms with van der Waals surface area (Å²) in [6.07, 6.45) is 5.75. The lowest BCUT2D eigenvalue weighted by Crippen LogP contribution is -2.16. The maximum Gasteiger partial charge on any atom is 0.137 e. The Labute approximate surface area is 118 Å². The van der Waals surface area contributed by atoms with Crippen molar-refractivity contribution in [1.29, 1.82) is 0 Å². The smallest absolute Gasteiger partial charge is 0.137 e. The number of unbranched alkanes of at least 4 members (excludes halogenated alkanes) is 1. The van der Waals surface area contributed by atoms with Gasteiger partial charge in [0.2, 0.25) is 0 Å². The van der Waals surface area contributed by atoms with Crippen LogP contribution >= 0.6 is 15.9 Å². The fraction of sp³-hybridized carbons (Fsp3) is 0.600. The van der Waals surface area contributed by atoms with E-state index in [1.165, 1.54) is 25.3 Å². The highest BCUT2D eigenvalue weighted by atomic mass is 79.9. The molecule has 0 aliphatic rings. The second-order valence-corrected chi connectivity index (χ2v) is 5.69. The van der Waals surface area contributed by atoms with Crippen molar-refractivity contribution in [3.63, 3.8) is 0 Å². The van der Waals surface area contributed by atoms with Gasteiger partial charge in [0.05, 0.1) is 4.47 Å². The normalized spacial score (nSPS) is 14.5. The van der Waals surface area contributed by atoms with Crippen LogP contribution in [0.4, 0.5) is 4.39 Å². The van der Waals surface area contributed by atoms with Gasteiger partial charge in [0.25, 0.3) is 0 Å². The molecule has 0 spiro atoms. The van der Waals surface area contributed by atoms with Crippen molar-refractivity contribution in [3.8, 4) is 0 Å². The molecule has 3 heteroatoms. The van der Waals surface area contributed by atoms with Gasteiger partial charge in [-0.2, -0.15) is 0 Å². The summed E-state index contributed by atoms with van der Waals surface area (Å²) < 4.78 is 14.0. The number of benzene rings is 1. The quantitative estimate of drug-likeness (QED) is 0.735. The molecule has 1 aromatic carbocycles. The van der Waals surface area contributed by atoms with Gasteiger partial charge >= 0.3 is 0 Å². The lowest BCUT2D eigenvalue weighted by molar-refractivity contribution is 0.387. The molecule has 0 fully saturated rings. The van der Waals surface area contributed by atoms with Gasteiger partial charge in [-0.1, -0.05) is 51.7 Å². The van der Waals surface area contributed by atoms with Crippen molar-refractivity contribution in [1.82, 2.24) is 0 Å². The zero-order valence-electron chi connectivity index (χ0n) is 11.3. The largest absolute Gasteiger partial charge is 0.324 e. The number of halogens is 2. The zero-order valence-corrected chi connectivity index (χ0v) is 12.8. The minimum Gasteiger partial charge on any atom is -0.324 e. The molecule has 0 heterocycles. The molecule has 1 nitrogen and oxygen atoms in total. The molecule has 0 amide bonds. The van der Waals surface area contributed by atoms with E-state index in [9.17, 15) is 4.39 Å². The van der Waals surface area contributed by atoms with Crippen molar-refractivity contribution in [2.45, 2.75) is 52.0 Å². The van der Waals surface area contributed by atoms with Crippen LogP contribution in [0.1, 0.15) is 57.6 Å². The molecule has 2 unspecified atom stereocenters. The third kappa shape index (κ3) is 4.36. The van der Waals surface area contributed by atoms with Crippen LogP contribution in [0.5, 0.6) is 0 Å². The van der Waals surface area contributed by atoms with Gasteiger partial charge in [-0.3, -0.25) is 0 Å². The Morgan fingerprint density at radius 2 is 2.06 bits per heavy atom. The van der Waals surface area contributed by atoms with Crippen LogP contribution < -0.4 is 5.73 Å². The lowest BCUT2D eigenvalue weighted by atomic mass is 9.89. The molecule has 0 aliphatic heterocycles. The van der Waals surface area contributed by atoms with Gasteiger partial charge in [-0.15, -0.1) is 0 Å². The molecule has 1 rings (SSSR count). The van der Waals surface area contributed by atoms with E-state index in [1.807, 2.05) is 6.07 Å². The van der Waals surface area contributed by atoms with Gasteiger partial charge in [-0.05, 0) is 39.9 Å². The third-order valence-corrected chi connectivity index (χ3v) is 4.35. The summed E-state index contributed by atoms with van der Waals surface area (Å²) in [7, 11) is 0. The van der Waals surface area contributed by atoms with Crippen LogP contribution in [0.3, 0.4) is 0 Å². The Kier molecular flexibility index (Phi) is 6.87. The Morgan fingerprint density at radius 3 is 2.67 bits per heavy atom. The molecule has 2 N–H and O–H groups in total. The lowest BCUT2D eigenvalue weighted by Gasteiger charge is -2.21. The summed E-state index contributed by atoms with van der Waals surface area (Å²) in [6, 6.07) is 5.00. The maximum absolute atomic E-state index is 13.5. The highest BCUT2D eigenvalue weighted by molar-refractivity contribution is 9.10. The first-order valence-corrected chi connectivity index (χ1v) is 7.58. The Bertz CT molecular complexity index is 368. The van der Waals surface area contributed by atoms with E-state index >= 15 is 0 Å². The number of hydrogen-bond donors (Lipinski definition) is 1. The van der Waals surface area contributed by atoms with E-state index in [0.29, 0.717) is 10.4 Å². The molecule has 1 aromatic rings. The van der Waals surface area contributed by atoms with Crippen molar-refractivity contribution < 1.29 is 4.39 Å². The van der Waals surface area contributed by atoms with Gasteiger partial charge in [-0.25, -0.2) is 4.39 Å². The molecular weight excluding hydrogens is 293 g/mol. The minimum absolute atomic E-state index is 0.0862. The van der Waals surface area contributed by atoms with Gasteiger partial charge in [0.1, 0.15) is 5.82 Å². The van der Waals surface area contributed by atoms with Crippen LogP contribution in [0, 0.1) is 11.7 Å². The fourth-order valence-corrected chi connectivity index (χ4v) is 2.83. The zero-order chi connectivity index (χ0) is 13.5. The number of hydrogen-bond acceptors (Lipinski definition) is 1. The highest BCUT2D eigenvalue weighted by Gasteiger charge is 2.16. The van der Waals surface area contributed by atoms with E-state index in [4.69, 9.17) is 5.73 Å².